The van der Waals surface area contributed by atoms with Gasteiger partial charge in [-0.05, 0) is 73.7 Å². The van der Waals surface area contributed by atoms with Crippen LogP contribution < -0.4 is 4.74 Å². The molecule has 1 N–H and O–H groups in total. The van der Waals surface area contributed by atoms with Crippen LogP contribution in [0.15, 0.2) is 58.3 Å². The summed E-state index contributed by atoms with van der Waals surface area (Å²) in [5, 5.41) is 9.81. The second-order valence-electron chi connectivity index (χ2n) is 9.76. The summed E-state index contributed by atoms with van der Waals surface area (Å²) in [6, 6.07) is 8.92. The first kappa shape index (κ1) is 27.7. The second-order valence-corrected chi connectivity index (χ2v) is 13.7. The van der Waals surface area contributed by atoms with E-state index in [1.54, 1.807) is 26.0 Å². The number of halogens is 1. The Morgan fingerprint density at radius 2 is 1.92 bits per heavy atom. The molecule has 0 spiro atoms. The van der Waals surface area contributed by atoms with E-state index < -0.39 is 43.9 Å². The van der Waals surface area contributed by atoms with Crippen LogP contribution in [0.5, 0.6) is 5.75 Å². The third-order valence-corrected chi connectivity index (χ3v) is 10.9. The molecule has 0 saturated heterocycles. The van der Waals surface area contributed by atoms with Crippen LogP contribution in [0.1, 0.15) is 38.7 Å². The number of aliphatic hydroxyl groups is 1. The molecule has 8 nitrogen and oxygen atoms in total. The zero-order chi connectivity index (χ0) is 27.0. The Morgan fingerprint density at radius 1 is 1.22 bits per heavy atom. The quantitative estimate of drug-likeness (QED) is 0.564. The predicted molar refractivity (Wildman–Crippen MR) is 139 cm³/mol. The van der Waals surface area contributed by atoms with Crippen molar-refractivity contribution in [3.8, 4) is 5.75 Å². The van der Waals surface area contributed by atoms with Gasteiger partial charge in [0.05, 0.1) is 18.0 Å². The molecule has 1 heterocycles. The van der Waals surface area contributed by atoms with Crippen LogP contribution in [-0.4, -0.2) is 69.4 Å². The third-order valence-electron chi connectivity index (χ3n) is 7.04. The van der Waals surface area contributed by atoms with Crippen molar-refractivity contribution in [3.05, 3.63) is 59.9 Å². The molecule has 0 saturated carbocycles. The molecule has 0 amide bonds. The van der Waals surface area contributed by atoms with Gasteiger partial charge in [-0.25, -0.2) is 21.2 Å². The zero-order valence-corrected chi connectivity index (χ0v) is 22.8. The third kappa shape index (κ3) is 5.61. The SMILES string of the molecule is C[C@H]1CN([C@@H](C)CO)S(=O)(=O)c2ccc(C3=CCCC3)cc2O[C@@H]1CN(C)S(=O)(=O)c1ccc(F)cc1. The zero-order valence-electron chi connectivity index (χ0n) is 21.2. The molecule has 1 aliphatic heterocycles. The van der Waals surface area contributed by atoms with Gasteiger partial charge in [-0.15, -0.1) is 0 Å². The standard InChI is InChI=1S/C26H33FN2O6S2/c1-18-15-29(19(2)17-30)37(33,34)26-13-8-21(20-6-4-5-7-20)14-24(26)35-25(18)16-28(3)36(31,32)23-11-9-22(27)10-12-23/h6,8-14,18-19,25,30H,4-5,7,15-17H2,1-3H3/t18-,19-,25+/m0/s1. The van der Waals surface area contributed by atoms with Crippen molar-refractivity contribution in [3.63, 3.8) is 0 Å². The van der Waals surface area contributed by atoms with E-state index in [0.29, 0.717) is 0 Å². The molecule has 4 rings (SSSR count). The molecule has 202 valence electrons. The summed E-state index contributed by atoms with van der Waals surface area (Å²) >= 11 is 0. The van der Waals surface area contributed by atoms with Gasteiger partial charge in [0.2, 0.25) is 20.0 Å². The van der Waals surface area contributed by atoms with Crippen molar-refractivity contribution in [2.24, 2.45) is 5.92 Å². The molecule has 1 aliphatic carbocycles. The van der Waals surface area contributed by atoms with Crippen molar-refractivity contribution >= 4 is 25.6 Å². The fourth-order valence-electron chi connectivity index (χ4n) is 4.71. The summed E-state index contributed by atoms with van der Waals surface area (Å²) in [6.45, 7) is 3.03. The Hall–Kier alpha value is -2.31. The van der Waals surface area contributed by atoms with Gasteiger partial charge in [0.15, 0.2) is 0 Å². The van der Waals surface area contributed by atoms with Crippen molar-refractivity contribution in [2.45, 2.75) is 55.0 Å². The maximum absolute atomic E-state index is 13.6. The maximum Gasteiger partial charge on any atom is 0.247 e. The first-order valence-corrected chi connectivity index (χ1v) is 15.2. The normalized spacial score (nSPS) is 23.0. The molecule has 2 aromatic rings. The average Bonchev–Trinajstić information content (AvgIpc) is 3.41. The van der Waals surface area contributed by atoms with E-state index in [0.717, 1.165) is 46.8 Å². The van der Waals surface area contributed by atoms with Crippen molar-refractivity contribution in [1.29, 1.82) is 0 Å². The molecule has 3 atom stereocenters. The predicted octanol–water partition coefficient (Wildman–Crippen LogP) is 3.48. The number of hydrogen-bond acceptors (Lipinski definition) is 6. The number of likely N-dealkylation sites (N-methyl/N-ethyl adjacent to an activating group) is 1. The van der Waals surface area contributed by atoms with Crippen LogP contribution in [-0.2, 0) is 20.0 Å². The van der Waals surface area contributed by atoms with Crippen LogP contribution in [0.2, 0.25) is 0 Å². The van der Waals surface area contributed by atoms with Crippen LogP contribution >= 0.6 is 0 Å². The molecule has 2 aliphatic rings. The lowest BCUT2D eigenvalue weighted by Gasteiger charge is -2.37. The lowest BCUT2D eigenvalue weighted by molar-refractivity contribution is 0.0904. The minimum Gasteiger partial charge on any atom is -0.487 e. The average molecular weight is 553 g/mol. The van der Waals surface area contributed by atoms with Crippen molar-refractivity contribution in [2.75, 3.05) is 26.7 Å². The summed E-state index contributed by atoms with van der Waals surface area (Å²) in [5.41, 5.74) is 1.99. The lowest BCUT2D eigenvalue weighted by Crippen LogP contribution is -2.50. The molecule has 0 bridgehead atoms. The number of hydrogen-bond donors (Lipinski definition) is 1. The number of fused-ring (bicyclic) bond motifs is 1. The highest BCUT2D eigenvalue weighted by Gasteiger charge is 2.39. The molecule has 0 unspecified atom stereocenters. The summed E-state index contributed by atoms with van der Waals surface area (Å²) < 4.78 is 75.7. The van der Waals surface area contributed by atoms with E-state index in [9.17, 15) is 26.3 Å². The Morgan fingerprint density at radius 3 is 2.54 bits per heavy atom. The maximum atomic E-state index is 13.6. The topological polar surface area (TPSA) is 104 Å². The monoisotopic (exact) mass is 552 g/mol. The molecule has 0 radical (unpaired) electrons. The molecular formula is C26H33FN2O6S2. The van der Waals surface area contributed by atoms with E-state index in [1.165, 1.54) is 29.6 Å². The minimum absolute atomic E-state index is 0.0175. The second kappa shape index (κ2) is 10.8. The number of rotatable bonds is 7. The van der Waals surface area contributed by atoms with Gasteiger partial charge in [-0.1, -0.05) is 19.1 Å². The minimum atomic E-state index is -3.99. The number of benzene rings is 2. The number of sulfonamides is 2. The van der Waals surface area contributed by atoms with Gasteiger partial charge in [0, 0.05) is 25.6 Å². The van der Waals surface area contributed by atoms with E-state index >= 15 is 0 Å². The number of allylic oxidation sites excluding steroid dienone is 2. The Labute approximate surface area is 218 Å². The Balaban J connectivity index is 1.74. The smallest absolute Gasteiger partial charge is 0.247 e. The van der Waals surface area contributed by atoms with E-state index in [-0.39, 0.29) is 35.2 Å². The van der Waals surface area contributed by atoms with Crippen LogP contribution in [0.25, 0.3) is 5.57 Å². The van der Waals surface area contributed by atoms with Crippen molar-refractivity contribution in [1.82, 2.24) is 8.61 Å². The van der Waals surface area contributed by atoms with Gasteiger partial charge in [-0.2, -0.15) is 8.61 Å². The van der Waals surface area contributed by atoms with Crippen LogP contribution in [0.3, 0.4) is 0 Å². The first-order valence-electron chi connectivity index (χ1n) is 12.3. The summed E-state index contributed by atoms with van der Waals surface area (Å²) in [5.74, 6) is -0.801. The highest BCUT2D eigenvalue weighted by Crippen LogP contribution is 2.37. The highest BCUT2D eigenvalue weighted by molar-refractivity contribution is 7.89. The number of aliphatic hydroxyl groups excluding tert-OH is 1. The summed E-state index contributed by atoms with van der Waals surface area (Å²) in [4.78, 5) is -0.0695. The first-order chi connectivity index (χ1) is 17.4. The highest BCUT2D eigenvalue weighted by atomic mass is 32.2. The summed E-state index contributed by atoms with van der Waals surface area (Å²) in [7, 11) is -6.53. The lowest BCUT2D eigenvalue weighted by atomic mass is 10.0. The largest absolute Gasteiger partial charge is 0.487 e. The number of nitrogens with zero attached hydrogens (tertiary/aromatic N) is 2. The number of ether oxygens (including phenoxy) is 1. The Bertz CT molecular complexity index is 1380. The summed E-state index contributed by atoms with van der Waals surface area (Å²) in [6.07, 6.45) is 4.30. The van der Waals surface area contributed by atoms with E-state index in [4.69, 9.17) is 4.74 Å². The fraction of sp³-hybridized carbons (Fsp3) is 0.462. The molecule has 37 heavy (non-hydrogen) atoms. The van der Waals surface area contributed by atoms with Gasteiger partial charge >= 0.3 is 0 Å². The van der Waals surface area contributed by atoms with E-state index in [2.05, 4.69) is 6.08 Å². The van der Waals surface area contributed by atoms with Gasteiger partial charge in [-0.3, -0.25) is 0 Å². The molecule has 2 aromatic carbocycles. The van der Waals surface area contributed by atoms with Gasteiger partial charge < -0.3 is 9.84 Å². The van der Waals surface area contributed by atoms with Crippen LogP contribution in [0, 0.1) is 11.7 Å². The Kier molecular flexibility index (Phi) is 8.10. The van der Waals surface area contributed by atoms with Gasteiger partial charge in [0.25, 0.3) is 0 Å². The van der Waals surface area contributed by atoms with E-state index in [1.807, 2.05) is 0 Å². The van der Waals surface area contributed by atoms with Crippen LogP contribution in [0.4, 0.5) is 4.39 Å². The fourth-order valence-corrected chi connectivity index (χ4v) is 7.72. The molecule has 11 heteroatoms. The molecule has 0 fully saturated rings. The van der Waals surface area contributed by atoms with Gasteiger partial charge in [0.1, 0.15) is 22.6 Å². The molecular weight excluding hydrogens is 519 g/mol. The molecule has 0 aromatic heterocycles. The van der Waals surface area contributed by atoms with Crippen molar-refractivity contribution < 1.29 is 31.1 Å².